The van der Waals surface area contributed by atoms with Gasteiger partial charge in [0, 0.05) is 0 Å². The molecule has 0 fully saturated rings. The lowest BCUT2D eigenvalue weighted by atomic mass is 10.1. The van der Waals surface area contributed by atoms with Crippen LogP contribution in [0.15, 0.2) is 22.0 Å². The second kappa shape index (κ2) is 5.07. The van der Waals surface area contributed by atoms with Gasteiger partial charge in [-0.1, -0.05) is 11.6 Å². The van der Waals surface area contributed by atoms with Gasteiger partial charge in [-0.05, 0) is 46.6 Å². The van der Waals surface area contributed by atoms with Crippen molar-refractivity contribution in [2.75, 3.05) is 0 Å². The molecule has 18 heavy (non-hydrogen) atoms. The Morgan fingerprint density at radius 3 is 2.50 bits per heavy atom. The Bertz CT molecular complexity index is 620. The molecule has 0 saturated heterocycles. The average molecular weight is 352 g/mol. The van der Waals surface area contributed by atoms with Gasteiger partial charge < -0.3 is 0 Å². The van der Waals surface area contributed by atoms with E-state index < -0.39 is 17.4 Å². The molecule has 6 heteroatoms. The maximum absolute atomic E-state index is 13.6. The molecule has 0 amide bonds. The lowest BCUT2D eigenvalue weighted by molar-refractivity contribution is 0.103. The third kappa shape index (κ3) is 2.48. The Morgan fingerprint density at radius 2 is 1.94 bits per heavy atom. The molecule has 1 heterocycles. The van der Waals surface area contributed by atoms with Crippen LogP contribution >= 0.6 is 38.9 Å². The van der Waals surface area contributed by atoms with Gasteiger partial charge in [0.05, 0.1) is 19.2 Å². The molecule has 0 unspecified atom stereocenters. The van der Waals surface area contributed by atoms with E-state index in [0.29, 0.717) is 4.88 Å². The molecule has 2 rings (SSSR count). The molecule has 0 aliphatic rings. The molecule has 0 saturated carbocycles. The van der Waals surface area contributed by atoms with Crippen LogP contribution in [0, 0.1) is 18.6 Å². The van der Waals surface area contributed by atoms with Gasteiger partial charge in [-0.3, -0.25) is 4.79 Å². The summed E-state index contributed by atoms with van der Waals surface area (Å²) in [4.78, 5) is 12.4. The van der Waals surface area contributed by atoms with Gasteiger partial charge in [-0.15, -0.1) is 11.3 Å². The van der Waals surface area contributed by atoms with Gasteiger partial charge in [-0.2, -0.15) is 0 Å². The Kier molecular flexibility index (Phi) is 3.84. The van der Waals surface area contributed by atoms with E-state index in [9.17, 15) is 13.6 Å². The maximum Gasteiger partial charge on any atom is 0.206 e. The minimum atomic E-state index is -0.825. The van der Waals surface area contributed by atoms with Crippen LogP contribution in [0.2, 0.25) is 5.02 Å². The van der Waals surface area contributed by atoms with Crippen LogP contribution in [-0.2, 0) is 0 Å². The van der Waals surface area contributed by atoms with Gasteiger partial charge in [-0.25, -0.2) is 8.78 Å². The quantitative estimate of drug-likeness (QED) is 0.551. The molecule has 1 aromatic carbocycles. The zero-order chi connectivity index (χ0) is 13.4. The van der Waals surface area contributed by atoms with Crippen LogP contribution in [0.5, 0.6) is 0 Å². The molecule has 0 spiro atoms. The fourth-order valence-electron chi connectivity index (χ4n) is 1.40. The van der Waals surface area contributed by atoms with Crippen molar-refractivity contribution in [3.8, 4) is 0 Å². The van der Waals surface area contributed by atoms with E-state index in [4.69, 9.17) is 11.6 Å². The van der Waals surface area contributed by atoms with Crippen molar-refractivity contribution in [1.82, 2.24) is 0 Å². The van der Waals surface area contributed by atoms with Gasteiger partial charge in [0.1, 0.15) is 11.6 Å². The van der Waals surface area contributed by atoms with E-state index in [2.05, 4.69) is 15.9 Å². The Balaban J connectivity index is 2.49. The van der Waals surface area contributed by atoms with E-state index in [1.807, 2.05) is 6.92 Å². The van der Waals surface area contributed by atoms with Crippen LogP contribution in [0.1, 0.15) is 20.8 Å². The summed E-state index contributed by atoms with van der Waals surface area (Å²) < 4.78 is 27.7. The topological polar surface area (TPSA) is 17.1 Å². The van der Waals surface area contributed by atoms with Gasteiger partial charge >= 0.3 is 0 Å². The SMILES string of the molecule is Cc1cc(C(=O)c2cc(F)c(Cl)cc2F)sc1Br. The Labute approximate surface area is 120 Å². The Hall–Kier alpha value is -0.780. The predicted octanol–water partition coefficient (Wildman–Crippen LogP) is 4.98. The smallest absolute Gasteiger partial charge is 0.206 e. The van der Waals surface area contributed by atoms with Crippen molar-refractivity contribution in [3.63, 3.8) is 0 Å². The molecule has 1 nitrogen and oxygen atoms in total. The predicted molar refractivity (Wildman–Crippen MR) is 71.6 cm³/mol. The standard InChI is InChI=1S/C12H6BrClF2OS/c1-5-2-10(18-12(5)13)11(17)6-3-9(16)7(14)4-8(6)15/h2-4H,1H3. The zero-order valence-corrected chi connectivity index (χ0v) is 12.2. The first-order valence-electron chi connectivity index (χ1n) is 4.85. The van der Waals surface area contributed by atoms with E-state index in [0.717, 1.165) is 21.5 Å². The second-order valence-electron chi connectivity index (χ2n) is 3.64. The second-order valence-corrected chi connectivity index (χ2v) is 6.42. The molecule has 2 aromatic rings. The summed E-state index contributed by atoms with van der Waals surface area (Å²) in [6, 6.07) is 3.26. The molecule has 0 N–H and O–H groups in total. The molecule has 0 bridgehead atoms. The number of hydrogen-bond acceptors (Lipinski definition) is 2. The van der Waals surface area contributed by atoms with E-state index >= 15 is 0 Å². The number of hydrogen-bond donors (Lipinski definition) is 0. The summed E-state index contributed by atoms with van der Waals surface area (Å²) in [6.45, 7) is 1.82. The molecule has 0 radical (unpaired) electrons. The number of carbonyl (C=O) groups excluding carboxylic acids is 1. The summed E-state index contributed by atoms with van der Waals surface area (Å²) >= 11 is 9.89. The lowest BCUT2D eigenvalue weighted by Gasteiger charge is -2.02. The molecule has 0 atom stereocenters. The zero-order valence-electron chi connectivity index (χ0n) is 9.06. The van der Waals surface area contributed by atoms with Crippen molar-refractivity contribution >= 4 is 44.7 Å². The fourth-order valence-corrected chi connectivity index (χ4v) is 3.04. The summed E-state index contributed by atoms with van der Waals surface area (Å²) in [5.74, 6) is -2.19. The summed E-state index contributed by atoms with van der Waals surface area (Å²) in [5, 5.41) is -0.340. The lowest BCUT2D eigenvalue weighted by Crippen LogP contribution is -2.03. The monoisotopic (exact) mass is 350 g/mol. The van der Waals surface area contributed by atoms with Crippen LogP contribution in [0.4, 0.5) is 8.78 Å². The Morgan fingerprint density at radius 1 is 1.28 bits per heavy atom. The highest BCUT2D eigenvalue weighted by atomic mass is 79.9. The van der Waals surface area contributed by atoms with Crippen molar-refractivity contribution in [2.45, 2.75) is 6.92 Å². The molecule has 94 valence electrons. The summed E-state index contributed by atoms with van der Waals surface area (Å²) in [6.07, 6.45) is 0. The number of halogens is 4. The molecule has 0 aliphatic heterocycles. The van der Waals surface area contributed by atoms with E-state index in [1.54, 1.807) is 6.07 Å². The van der Waals surface area contributed by atoms with Crippen molar-refractivity contribution in [1.29, 1.82) is 0 Å². The number of benzene rings is 1. The van der Waals surface area contributed by atoms with Crippen molar-refractivity contribution in [2.24, 2.45) is 0 Å². The van der Waals surface area contributed by atoms with Gasteiger partial charge in [0.25, 0.3) is 0 Å². The average Bonchev–Trinajstić information content (AvgIpc) is 2.63. The fraction of sp³-hybridized carbons (Fsp3) is 0.0833. The number of carbonyl (C=O) groups is 1. The third-order valence-corrected chi connectivity index (χ3v) is 4.76. The number of ketones is 1. The first-order chi connectivity index (χ1) is 8.40. The highest BCUT2D eigenvalue weighted by molar-refractivity contribution is 9.11. The highest BCUT2D eigenvalue weighted by Crippen LogP contribution is 2.30. The highest BCUT2D eigenvalue weighted by Gasteiger charge is 2.19. The van der Waals surface area contributed by atoms with Crippen molar-refractivity contribution in [3.05, 3.63) is 54.6 Å². The van der Waals surface area contributed by atoms with Gasteiger partial charge in [0.2, 0.25) is 5.78 Å². The van der Waals surface area contributed by atoms with Crippen LogP contribution in [0.25, 0.3) is 0 Å². The first kappa shape index (κ1) is 13.6. The number of aryl methyl sites for hydroxylation is 1. The molecular formula is C12H6BrClF2OS. The minimum absolute atomic E-state index is 0.314. The minimum Gasteiger partial charge on any atom is -0.288 e. The number of rotatable bonds is 2. The van der Waals surface area contributed by atoms with Crippen LogP contribution in [-0.4, -0.2) is 5.78 Å². The van der Waals surface area contributed by atoms with Crippen molar-refractivity contribution < 1.29 is 13.6 Å². The number of thiophene rings is 1. The summed E-state index contributed by atoms with van der Waals surface area (Å²) in [7, 11) is 0. The van der Waals surface area contributed by atoms with Crippen LogP contribution < -0.4 is 0 Å². The molecule has 1 aromatic heterocycles. The normalized spacial score (nSPS) is 10.7. The largest absolute Gasteiger partial charge is 0.288 e. The third-order valence-electron chi connectivity index (χ3n) is 2.34. The first-order valence-corrected chi connectivity index (χ1v) is 6.84. The van der Waals surface area contributed by atoms with Gasteiger partial charge in [0.15, 0.2) is 0 Å². The molecule has 0 aliphatic carbocycles. The van der Waals surface area contributed by atoms with E-state index in [1.165, 1.54) is 11.3 Å². The maximum atomic E-state index is 13.6. The summed E-state index contributed by atoms with van der Waals surface area (Å²) in [5.41, 5.74) is 0.559. The van der Waals surface area contributed by atoms with Crippen LogP contribution in [0.3, 0.4) is 0 Å². The van der Waals surface area contributed by atoms with E-state index in [-0.39, 0.29) is 10.6 Å². The molecular weight excluding hydrogens is 346 g/mol.